The number of nitrogens with one attached hydrogen (secondary N) is 1. The van der Waals surface area contributed by atoms with E-state index in [2.05, 4.69) is 4.72 Å². The zero-order chi connectivity index (χ0) is 14.0. The number of halogens is 2. The molecule has 0 spiro atoms. The third-order valence-corrected chi connectivity index (χ3v) is 4.83. The second-order valence-electron chi connectivity index (χ2n) is 3.71. The second kappa shape index (κ2) is 5.46. The molecular formula is C11H10ClFN2O2S2. The van der Waals surface area contributed by atoms with E-state index in [0.29, 0.717) is 0 Å². The van der Waals surface area contributed by atoms with Crippen LogP contribution in [0, 0.1) is 5.82 Å². The van der Waals surface area contributed by atoms with Crippen molar-refractivity contribution >= 4 is 38.6 Å². The molecule has 1 aromatic heterocycles. The summed E-state index contributed by atoms with van der Waals surface area (Å²) < 4.78 is 40.0. The van der Waals surface area contributed by atoms with E-state index in [4.69, 9.17) is 17.3 Å². The van der Waals surface area contributed by atoms with Crippen LogP contribution in [0.2, 0.25) is 5.02 Å². The van der Waals surface area contributed by atoms with Crippen molar-refractivity contribution in [3.8, 4) is 0 Å². The number of anilines is 1. The van der Waals surface area contributed by atoms with Crippen LogP contribution in [0.3, 0.4) is 0 Å². The van der Waals surface area contributed by atoms with Crippen LogP contribution in [-0.2, 0) is 16.6 Å². The molecule has 102 valence electrons. The monoisotopic (exact) mass is 320 g/mol. The molecule has 8 heteroatoms. The number of hydrogen-bond donors (Lipinski definition) is 2. The maximum absolute atomic E-state index is 13.7. The minimum absolute atomic E-state index is 0.0652. The van der Waals surface area contributed by atoms with E-state index in [9.17, 15) is 12.8 Å². The van der Waals surface area contributed by atoms with Crippen LogP contribution in [-0.4, -0.2) is 8.42 Å². The highest BCUT2D eigenvalue weighted by molar-refractivity contribution is 7.89. The largest absolute Gasteiger partial charge is 0.396 e. The fourth-order valence-corrected chi connectivity index (χ4v) is 3.60. The minimum Gasteiger partial charge on any atom is -0.396 e. The van der Waals surface area contributed by atoms with Crippen molar-refractivity contribution in [3.05, 3.63) is 45.4 Å². The summed E-state index contributed by atoms with van der Waals surface area (Å²) in [6, 6.07) is 5.77. The SMILES string of the molecule is Nc1cc(Cl)cc(S(=O)(=O)NCc2cccs2)c1F. The smallest absolute Gasteiger partial charge is 0.243 e. The van der Waals surface area contributed by atoms with Crippen LogP contribution in [0.5, 0.6) is 0 Å². The molecule has 0 aliphatic carbocycles. The summed E-state index contributed by atoms with van der Waals surface area (Å²) in [7, 11) is -3.99. The van der Waals surface area contributed by atoms with Crippen LogP contribution < -0.4 is 10.5 Å². The van der Waals surface area contributed by atoms with Gasteiger partial charge in [-0.1, -0.05) is 17.7 Å². The molecule has 0 atom stereocenters. The van der Waals surface area contributed by atoms with Crippen LogP contribution >= 0.6 is 22.9 Å². The molecule has 0 aliphatic rings. The number of thiophene rings is 1. The Morgan fingerprint density at radius 3 is 2.79 bits per heavy atom. The number of nitrogen functional groups attached to an aromatic ring is 1. The van der Waals surface area contributed by atoms with Crippen LogP contribution in [0.1, 0.15) is 4.88 Å². The number of benzene rings is 1. The van der Waals surface area contributed by atoms with Crippen LogP contribution in [0.4, 0.5) is 10.1 Å². The summed E-state index contributed by atoms with van der Waals surface area (Å²) in [4.78, 5) is 0.271. The minimum atomic E-state index is -3.99. The van der Waals surface area contributed by atoms with Crippen molar-refractivity contribution in [2.75, 3.05) is 5.73 Å². The van der Waals surface area contributed by atoms with Crippen LogP contribution in [0.15, 0.2) is 34.5 Å². The lowest BCUT2D eigenvalue weighted by Crippen LogP contribution is -2.24. The molecule has 2 rings (SSSR count). The first kappa shape index (κ1) is 14.3. The zero-order valence-electron chi connectivity index (χ0n) is 9.56. The van der Waals surface area contributed by atoms with Crippen molar-refractivity contribution in [2.45, 2.75) is 11.4 Å². The Morgan fingerprint density at radius 1 is 1.42 bits per heavy atom. The number of hydrogen-bond acceptors (Lipinski definition) is 4. The lowest BCUT2D eigenvalue weighted by Gasteiger charge is -2.08. The molecule has 1 aromatic carbocycles. The van der Waals surface area contributed by atoms with Gasteiger partial charge in [0.05, 0.1) is 5.69 Å². The summed E-state index contributed by atoms with van der Waals surface area (Å²) in [5.41, 5.74) is 5.06. The molecule has 4 nitrogen and oxygen atoms in total. The highest BCUT2D eigenvalue weighted by atomic mass is 35.5. The first-order valence-corrected chi connectivity index (χ1v) is 7.91. The van der Waals surface area contributed by atoms with Crippen molar-refractivity contribution in [1.82, 2.24) is 4.72 Å². The molecule has 0 radical (unpaired) electrons. The van der Waals surface area contributed by atoms with Gasteiger partial charge in [0.2, 0.25) is 10.0 Å². The van der Waals surface area contributed by atoms with E-state index in [0.717, 1.165) is 17.0 Å². The summed E-state index contributed by atoms with van der Waals surface area (Å²) in [6.45, 7) is 0.0891. The van der Waals surface area contributed by atoms with Gasteiger partial charge in [-0.2, -0.15) is 0 Å². The Balaban J connectivity index is 2.29. The fourth-order valence-electron chi connectivity index (χ4n) is 1.44. The highest BCUT2D eigenvalue weighted by Gasteiger charge is 2.21. The molecule has 0 saturated carbocycles. The van der Waals surface area contributed by atoms with E-state index in [1.807, 2.05) is 5.38 Å². The number of rotatable bonds is 4. The predicted octanol–water partition coefficient (Wildman–Crippen LogP) is 2.60. The summed E-state index contributed by atoms with van der Waals surface area (Å²) in [6.07, 6.45) is 0. The lowest BCUT2D eigenvalue weighted by atomic mass is 10.3. The summed E-state index contributed by atoms with van der Waals surface area (Å²) >= 11 is 7.09. The first-order valence-electron chi connectivity index (χ1n) is 5.17. The van der Waals surface area contributed by atoms with E-state index in [-0.39, 0.29) is 17.3 Å². The molecule has 0 bridgehead atoms. The molecular weight excluding hydrogens is 311 g/mol. The Kier molecular flexibility index (Phi) is 4.10. The third kappa shape index (κ3) is 3.24. The van der Waals surface area contributed by atoms with Crippen molar-refractivity contribution < 1.29 is 12.8 Å². The van der Waals surface area contributed by atoms with Gasteiger partial charge in [-0.25, -0.2) is 17.5 Å². The normalized spacial score (nSPS) is 11.7. The average Bonchev–Trinajstić information content (AvgIpc) is 2.84. The number of sulfonamides is 1. The Bertz CT molecular complexity index is 687. The Hall–Kier alpha value is -1.15. The standard InChI is InChI=1S/C11H10ClFN2O2S2/c12-7-4-9(14)11(13)10(5-7)19(16,17)15-6-8-2-1-3-18-8/h1-5,15H,6,14H2. The summed E-state index contributed by atoms with van der Waals surface area (Å²) in [5, 5.41) is 1.89. The molecule has 1 heterocycles. The Labute approximate surface area is 119 Å². The molecule has 0 saturated heterocycles. The molecule has 2 aromatic rings. The van der Waals surface area contributed by atoms with Crippen molar-refractivity contribution in [2.24, 2.45) is 0 Å². The van der Waals surface area contributed by atoms with Gasteiger partial charge in [0.25, 0.3) is 0 Å². The average molecular weight is 321 g/mol. The second-order valence-corrected chi connectivity index (χ2v) is 6.92. The predicted molar refractivity (Wildman–Crippen MR) is 74.2 cm³/mol. The van der Waals surface area contributed by atoms with Crippen LogP contribution in [0.25, 0.3) is 0 Å². The topological polar surface area (TPSA) is 72.2 Å². The van der Waals surface area contributed by atoms with E-state index < -0.39 is 20.7 Å². The van der Waals surface area contributed by atoms with Gasteiger partial charge in [0.1, 0.15) is 4.90 Å². The zero-order valence-corrected chi connectivity index (χ0v) is 11.9. The maximum atomic E-state index is 13.7. The van der Waals surface area contributed by atoms with E-state index in [1.54, 1.807) is 12.1 Å². The fraction of sp³-hybridized carbons (Fsp3) is 0.0909. The molecule has 0 unspecified atom stereocenters. The maximum Gasteiger partial charge on any atom is 0.243 e. The van der Waals surface area contributed by atoms with Gasteiger partial charge >= 0.3 is 0 Å². The van der Waals surface area contributed by atoms with Crippen molar-refractivity contribution in [3.63, 3.8) is 0 Å². The third-order valence-electron chi connectivity index (χ3n) is 2.34. The highest BCUT2D eigenvalue weighted by Crippen LogP contribution is 2.25. The van der Waals surface area contributed by atoms with E-state index in [1.165, 1.54) is 11.3 Å². The van der Waals surface area contributed by atoms with Gasteiger partial charge in [0, 0.05) is 16.4 Å². The molecule has 0 aliphatic heterocycles. The van der Waals surface area contributed by atoms with Gasteiger partial charge in [-0.3, -0.25) is 0 Å². The van der Waals surface area contributed by atoms with E-state index >= 15 is 0 Å². The lowest BCUT2D eigenvalue weighted by molar-refractivity contribution is 0.559. The van der Waals surface area contributed by atoms with Gasteiger partial charge in [-0.15, -0.1) is 11.3 Å². The molecule has 0 fully saturated rings. The van der Waals surface area contributed by atoms with Gasteiger partial charge < -0.3 is 5.73 Å². The molecule has 0 amide bonds. The quantitative estimate of drug-likeness (QED) is 0.851. The van der Waals surface area contributed by atoms with Crippen molar-refractivity contribution in [1.29, 1.82) is 0 Å². The summed E-state index contributed by atoms with van der Waals surface area (Å²) in [5.74, 6) is -0.997. The number of nitrogens with two attached hydrogens (primary N) is 1. The van der Waals surface area contributed by atoms with Gasteiger partial charge in [-0.05, 0) is 23.6 Å². The Morgan fingerprint density at radius 2 is 2.16 bits per heavy atom. The molecule has 19 heavy (non-hydrogen) atoms. The first-order chi connectivity index (χ1) is 8.90. The van der Waals surface area contributed by atoms with Gasteiger partial charge in [0.15, 0.2) is 5.82 Å². The molecule has 3 N–H and O–H groups in total.